The molecule has 6 heteroatoms. The fraction of sp³-hybridized carbons (Fsp3) is 0.312. The molecule has 0 N–H and O–H groups in total. The second-order valence-electron chi connectivity index (χ2n) is 5.47. The second kappa shape index (κ2) is 6.10. The van der Waals surface area contributed by atoms with Gasteiger partial charge < -0.3 is 0 Å². The lowest BCUT2D eigenvalue weighted by atomic mass is 10.1. The van der Waals surface area contributed by atoms with Crippen LogP contribution in [0.25, 0.3) is 0 Å². The molecule has 0 aliphatic carbocycles. The van der Waals surface area contributed by atoms with Crippen LogP contribution in [0.4, 0.5) is 0 Å². The lowest BCUT2D eigenvalue weighted by Gasteiger charge is -2.25. The third kappa shape index (κ3) is 2.83. The van der Waals surface area contributed by atoms with Gasteiger partial charge in [0.25, 0.3) is 0 Å². The number of nitrogens with zero attached hydrogens (tertiary/aromatic N) is 2. The molecule has 2 heterocycles. The average molecular weight is 381 g/mol. The quantitative estimate of drug-likeness (QED) is 0.763. The Morgan fingerprint density at radius 2 is 1.95 bits per heavy atom. The maximum Gasteiger partial charge on any atom is 0.243 e. The van der Waals surface area contributed by atoms with E-state index in [1.807, 2.05) is 31.2 Å². The van der Waals surface area contributed by atoms with Crippen LogP contribution in [0.5, 0.6) is 0 Å². The lowest BCUT2D eigenvalue weighted by molar-refractivity contribution is 0.395. The van der Waals surface area contributed by atoms with E-state index in [9.17, 15) is 8.42 Å². The lowest BCUT2D eigenvalue weighted by Crippen LogP contribution is -2.31. The molecule has 4 nitrogen and oxygen atoms in total. The monoisotopic (exact) mass is 380 g/mol. The molecule has 1 aromatic heterocycles. The maximum atomic E-state index is 12.9. The summed E-state index contributed by atoms with van der Waals surface area (Å²) in [7, 11) is -3.48. The van der Waals surface area contributed by atoms with E-state index in [1.54, 1.807) is 22.6 Å². The molecule has 3 rings (SSSR count). The van der Waals surface area contributed by atoms with Crippen molar-refractivity contribution in [3.63, 3.8) is 0 Å². The molecule has 1 saturated heterocycles. The minimum absolute atomic E-state index is 0.158. The van der Waals surface area contributed by atoms with Crippen LogP contribution in [0, 0.1) is 6.92 Å². The van der Waals surface area contributed by atoms with Crippen LogP contribution in [0.3, 0.4) is 0 Å². The Morgan fingerprint density at radius 1 is 1.23 bits per heavy atom. The molecule has 0 unspecified atom stereocenters. The highest BCUT2D eigenvalue weighted by atomic mass is 79.9. The van der Waals surface area contributed by atoms with Gasteiger partial charge in [-0.3, -0.25) is 0 Å². The van der Waals surface area contributed by atoms with E-state index in [4.69, 9.17) is 0 Å². The van der Waals surface area contributed by atoms with Crippen molar-refractivity contribution in [2.75, 3.05) is 6.54 Å². The van der Waals surface area contributed by atoms with E-state index in [2.05, 4.69) is 20.9 Å². The molecule has 0 saturated carbocycles. The molecule has 22 heavy (non-hydrogen) atoms. The zero-order valence-corrected chi connectivity index (χ0v) is 14.6. The van der Waals surface area contributed by atoms with E-state index in [0.29, 0.717) is 16.0 Å². The van der Waals surface area contributed by atoms with Gasteiger partial charge in [-0.15, -0.1) is 0 Å². The van der Waals surface area contributed by atoms with Crippen LogP contribution < -0.4 is 0 Å². The summed E-state index contributed by atoms with van der Waals surface area (Å²) in [5.41, 5.74) is 1.97. The van der Waals surface area contributed by atoms with Gasteiger partial charge in [-0.25, -0.2) is 13.4 Å². The summed E-state index contributed by atoms with van der Waals surface area (Å²) in [6, 6.07) is 10.6. The fourth-order valence-corrected chi connectivity index (χ4v) is 5.02. The number of sulfonamides is 1. The van der Waals surface area contributed by atoms with Crippen molar-refractivity contribution in [1.29, 1.82) is 0 Å². The number of hydrogen-bond donors (Lipinski definition) is 0. The van der Waals surface area contributed by atoms with Gasteiger partial charge in [-0.1, -0.05) is 23.8 Å². The first kappa shape index (κ1) is 15.6. The molecule has 2 aromatic rings. The first-order valence-electron chi connectivity index (χ1n) is 7.19. The number of pyridine rings is 1. The molecular weight excluding hydrogens is 364 g/mol. The number of aryl methyl sites for hydroxylation is 1. The average Bonchev–Trinajstić information content (AvgIpc) is 2.98. The summed E-state index contributed by atoms with van der Waals surface area (Å²) in [5.74, 6) is 0. The van der Waals surface area contributed by atoms with Gasteiger partial charge in [-0.05, 0) is 53.9 Å². The summed E-state index contributed by atoms with van der Waals surface area (Å²) in [6.45, 7) is 2.49. The highest BCUT2D eigenvalue weighted by molar-refractivity contribution is 9.10. The van der Waals surface area contributed by atoms with Crippen LogP contribution >= 0.6 is 15.9 Å². The van der Waals surface area contributed by atoms with Gasteiger partial charge in [-0.2, -0.15) is 4.31 Å². The number of benzene rings is 1. The maximum absolute atomic E-state index is 12.9. The van der Waals surface area contributed by atoms with Gasteiger partial charge in [0.05, 0.1) is 10.9 Å². The second-order valence-corrected chi connectivity index (χ2v) is 8.11. The number of halogens is 1. The minimum Gasteiger partial charge on any atom is -0.249 e. The minimum atomic E-state index is -3.48. The first-order valence-corrected chi connectivity index (χ1v) is 9.42. The van der Waals surface area contributed by atoms with Crippen molar-refractivity contribution in [1.82, 2.24) is 9.29 Å². The number of aromatic nitrogens is 1. The van der Waals surface area contributed by atoms with Crippen LogP contribution in [0.15, 0.2) is 52.1 Å². The van der Waals surface area contributed by atoms with Crippen molar-refractivity contribution in [3.05, 3.63) is 58.3 Å². The molecule has 0 radical (unpaired) electrons. The van der Waals surface area contributed by atoms with E-state index in [0.717, 1.165) is 24.0 Å². The third-order valence-corrected chi connectivity index (χ3v) is 6.56. The zero-order valence-electron chi connectivity index (χ0n) is 12.2. The van der Waals surface area contributed by atoms with Crippen LogP contribution in [-0.4, -0.2) is 24.3 Å². The van der Waals surface area contributed by atoms with Gasteiger partial charge >= 0.3 is 0 Å². The van der Waals surface area contributed by atoms with E-state index < -0.39 is 10.0 Å². The molecule has 1 aliphatic rings. The van der Waals surface area contributed by atoms with Gasteiger partial charge in [0, 0.05) is 18.3 Å². The molecule has 1 atom stereocenters. The fourth-order valence-electron chi connectivity index (χ4n) is 2.83. The molecule has 1 fully saturated rings. The molecule has 1 aliphatic heterocycles. The SMILES string of the molecule is Cc1ccc(S(=O)(=O)N2CCC[C@@H]2c2cccnc2Br)cc1. The summed E-state index contributed by atoms with van der Waals surface area (Å²) in [5, 5.41) is 0. The molecule has 0 bridgehead atoms. The van der Waals surface area contributed by atoms with Crippen molar-refractivity contribution in [2.24, 2.45) is 0 Å². The Bertz CT molecular complexity index is 775. The summed E-state index contributed by atoms with van der Waals surface area (Å²) in [6.07, 6.45) is 3.37. The van der Waals surface area contributed by atoms with Crippen molar-refractivity contribution in [2.45, 2.75) is 30.7 Å². The predicted octanol–water partition coefficient (Wildman–Crippen LogP) is 3.68. The Kier molecular flexibility index (Phi) is 4.34. The Morgan fingerprint density at radius 3 is 2.64 bits per heavy atom. The van der Waals surface area contributed by atoms with Crippen LogP contribution in [0.2, 0.25) is 0 Å². The van der Waals surface area contributed by atoms with Crippen molar-refractivity contribution >= 4 is 26.0 Å². The van der Waals surface area contributed by atoms with Crippen LogP contribution in [-0.2, 0) is 10.0 Å². The Balaban J connectivity index is 1.99. The normalized spacial score (nSPS) is 19.5. The van der Waals surface area contributed by atoms with Crippen molar-refractivity contribution < 1.29 is 8.42 Å². The molecular formula is C16H17BrN2O2S. The predicted molar refractivity (Wildman–Crippen MR) is 89.0 cm³/mol. The topological polar surface area (TPSA) is 50.3 Å². The Labute approximate surface area is 139 Å². The molecule has 116 valence electrons. The standard InChI is InChI=1S/C16H17BrN2O2S/c1-12-6-8-13(9-7-12)22(20,21)19-11-3-5-15(19)14-4-2-10-18-16(14)17/h2,4,6-10,15H,3,5,11H2,1H3/t15-/m1/s1. The van der Waals surface area contributed by atoms with Crippen molar-refractivity contribution in [3.8, 4) is 0 Å². The van der Waals surface area contributed by atoms with Crippen LogP contribution in [0.1, 0.15) is 30.0 Å². The molecule has 1 aromatic carbocycles. The summed E-state index contributed by atoms with van der Waals surface area (Å²) in [4.78, 5) is 4.57. The van der Waals surface area contributed by atoms with E-state index >= 15 is 0 Å². The van der Waals surface area contributed by atoms with Gasteiger partial charge in [0.2, 0.25) is 10.0 Å². The van der Waals surface area contributed by atoms with E-state index in [-0.39, 0.29) is 6.04 Å². The first-order chi connectivity index (χ1) is 10.5. The smallest absolute Gasteiger partial charge is 0.243 e. The molecule has 0 amide bonds. The zero-order chi connectivity index (χ0) is 15.7. The molecule has 0 spiro atoms. The summed E-state index contributed by atoms with van der Waals surface area (Å²) < 4.78 is 28.2. The number of hydrogen-bond acceptors (Lipinski definition) is 3. The van der Waals surface area contributed by atoms with E-state index in [1.165, 1.54) is 0 Å². The largest absolute Gasteiger partial charge is 0.249 e. The Hall–Kier alpha value is -1.24. The van der Waals surface area contributed by atoms with Gasteiger partial charge in [0.15, 0.2) is 0 Å². The summed E-state index contributed by atoms with van der Waals surface area (Å²) >= 11 is 3.43. The number of rotatable bonds is 3. The highest BCUT2D eigenvalue weighted by Gasteiger charge is 2.37. The highest BCUT2D eigenvalue weighted by Crippen LogP contribution is 2.38. The van der Waals surface area contributed by atoms with Gasteiger partial charge in [0.1, 0.15) is 4.60 Å². The third-order valence-electron chi connectivity index (χ3n) is 3.98.